The maximum Gasteiger partial charge on any atom is 0.0372 e. The molecule has 2 rings (SSSR count). The van der Waals surface area contributed by atoms with Gasteiger partial charge in [0.1, 0.15) is 0 Å². The van der Waals surface area contributed by atoms with Crippen molar-refractivity contribution in [2.45, 2.75) is 26.7 Å². The average molecular weight is 189 g/mol. The molecule has 1 nitrogen and oxygen atoms in total. The molecule has 0 radical (unpaired) electrons. The zero-order valence-electron chi connectivity index (χ0n) is 9.09. The molecule has 1 aliphatic rings. The van der Waals surface area contributed by atoms with Crippen LogP contribution in [0.1, 0.15) is 25.8 Å². The van der Waals surface area contributed by atoms with Gasteiger partial charge in [0, 0.05) is 12.2 Å². The number of benzene rings is 1. The molecule has 1 aromatic carbocycles. The molecule has 2 unspecified atom stereocenters. The van der Waals surface area contributed by atoms with Gasteiger partial charge in [0.05, 0.1) is 0 Å². The average Bonchev–Trinajstić information content (AvgIpc) is 2.27. The van der Waals surface area contributed by atoms with Crippen LogP contribution in [0.2, 0.25) is 0 Å². The van der Waals surface area contributed by atoms with E-state index in [2.05, 4.69) is 43.4 Å². The van der Waals surface area contributed by atoms with Crippen molar-refractivity contribution in [2.24, 2.45) is 11.8 Å². The Balaban J connectivity index is 2.13. The number of hydrogen-bond acceptors (Lipinski definition) is 1. The standard InChI is InChI=1S/C13H19N/c1-3-10(2)12-8-11-6-4-5-7-13(11)14-9-12/h4-7,10,12,14H,3,8-9H2,1-2H3. The zero-order chi connectivity index (χ0) is 9.97. The Morgan fingerprint density at radius 1 is 1.43 bits per heavy atom. The molecular formula is C13H19N. The first-order valence-electron chi connectivity index (χ1n) is 5.63. The van der Waals surface area contributed by atoms with Gasteiger partial charge in [-0.25, -0.2) is 0 Å². The summed E-state index contributed by atoms with van der Waals surface area (Å²) < 4.78 is 0. The van der Waals surface area contributed by atoms with Crippen molar-refractivity contribution in [1.29, 1.82) is 0 Å². The topological polar surface area (TPSA) is 12.0 Å². The van der Waals surface area contributed by atoms with Crippen LogP contribution in [0.5, 0.6) is 0 Å². The van der Waals surface area contributed by atoms with Crippen LogP contribution in [-0.4, -0.2) is 6.54 Å². The van der Waals surface area contributed by atoms with E-state index in [1.54, 1.807) is 0 Å². The molecule has 2 atom stereocenters. The SMILES string of the molecule is CCC(C)C1CNc2ccccc2C1. The minimum atomic E-state index is 0.815. The van der Waals surface area contributed by atoms with Crippen LogP contribution in [0.15, 0.2) is 24.3 Å². The Labute approximate surface area is 86.5 Å². The highest BCUT2D eigenvalue weighted by Crippen LogP contribution is 2.29. The second-order valence-corrected chi connectivity index (χ2v) is 4.39. The number of nitrogens with one attached hydrogen (secondary N) is 1. The number of rotatable bonds is 2. The number of hydrogen-bond donors (Lipinski definition) is 1. The lowest BCUT2D eigenvalue weighted by Gasteiger charge is -2.30. The predicted molar refractivity (Wildman–Crippen MR) is 61.6 cm³/mol. The fraction of sp³-hybridized carbons (Fsp3) is 0.538. The molecular weight excluding hydrogens is 170 g/mol. The van der Waals surface area contributed by atoms with Gasteiger partial charge in [-0.1, -0.05) is 38.5 Å². The van der Waals surface area contributed by atoms with Gasteiger partial charge in [0.15, 0.2) is 0 Å². The number of anilines is 1. The van der Waals surface area contributed by atoms with E-state index in [1.807, 2.05) is 0 Å². The second kappa shape index (κ2) is 4.04. The lowest BCUT2D eigenvalue weighted by molar-refractivity contribution is 0.356. The Hall–Kier alpha value is -0.980. The molecule has 0 aliphatic carbocycles. The summed E-state index contributed by atoms with van der Waals surface area (Å²) in [5, 5.41) is 3.53. The fourth-order valence-electron chi connectivity index (χ4n) is 2.20. The molecule has 76 valence electrons. The normalized spacial score (nSPS) is 22.3. The van der Waals surface area contributed by atoms with Crippen molar-refractivity contribution in [3.05, 3.63) is 29.8 Å². The van der Waals surface area contributed by atoms with Crippen molar-refractivity contribution >= 4 is 5.69 Å². The smallest absolute Gasteiger partial charge is 0.0372 e. The van der Waals surface area contributed by atoms with Crippen LogP contribution in [-0.2, 0) is 6.42 Å². The summed E-state index contributed by atoms with van der Waals surface area (Å²) >= 11 is 0. The van der Waals surface area contributed by atoms with Gasteiger partial charge < -0.3 is 5.32 Å². The number of para-hydroxylation sites is 1. The van der Waals surface area contributed by atoms with Gasteiger partial charge >= 0.3 is 0 Å². The Kier molecular flexibility index (Phi) is 2.76. The van der Waals surface area contributed by atoms with Gasteiger partial charge in [-0.15, -0.1) is 0 Å². The van der Waals surface area contributed by atoms with Crippen LogP contribution in [0.3, 0.4) is 0 Å². The van der Waals surface area contributed by atoms with E-state index in [4.69, 9.17) is 0 Å². The first-order chi connectivity index (χ1) is 6.81. The highest BCUT2D eigenvalue weighted by molar-refractivity contribution is 5.53. The highest BCUT2D eigenvalue weighted by atomic mass is 14.9. The summed E-state index contributed by atoms with van der Waals surface area (Å²) in [6.45, 7) is 5.79. The lowest BCUT2D eigenvalue weighted by atomic mass is 9.83. The van der Waals surface area contributed by atoms with Crippen molar-refractivity contribution in [2.75, 3.05) is 11.9 Å². The van der Waals surface area contributed by atoms with Gasteiger partial charge in [-0.2, -0.15) is 0 Å². The van der Waals surface area contributed by atoms with E-state index < -0.39 is 0 Å². The predicted octanol–water partition coefficient (Wildman–Crippen LogP) is 3.32. The van der Waals surface area contributed by atoms with E-state index in [9.17, 15) is 0 Å². The summed E-state index contributed by atoms with van der Waals surface area (Å²) in [6.07, 6.45) is 2.53. The van der Waals surface area contributed by atoms with Crippen molar-refractivity contribution in [3.63, 3.8) is 0 Å². The molecule has 1 heterocycles. The van der Waals surface area contributed by atoms with E-state index in [0.717, 1.165) is 18.4 Å². The first-order valence-corrected chi connectivity index (χ1v) is 5.63. The molecule has 0 fully saturated rings. The van der Waals surface area contributed by atoms with Crippen molar-refractivity contribution in [3.8, 4) is 0 Å². The Morgan fingerprint density at radius 2 is 2.21 bits per heavy atom. The van der Waals surface area contributed by atoms with Crippen molar-refractivity contribution in [1.82, 2.24) is 0 Å². The molecule has 0 bridgehead atoms. The van der Waals surface area contributed by atoms with Crippen LogP contribution >= 0.6 is 0 Å². The van der Waals surface area contributed by atoms with Gasteiger partial charge in [0.25, 0.3) is 0 Å². The second-order valence-electron chi connectivity index (χ2n) is 4.39. The van der Waals surface area contributed by atoms with E-state index in [0.29, 0.717) is 0 Å². The van der Waals surface area contributed by atoms with Crippen LogP contribution in [0.25, 0.3) is 0 Å². The van der Waals surface area contributed by atoms with Gasteiger partial charge in [-0.05, 0) is 29.9 Å². The molecule has 1 aromatic rings. The maximum atomic E-state index is 3.53. The highest BCUT2D eigenvalue weighted by Gasteiger charge is 2.21. The molecule has 0 aromatic heterocycles. The van der Waals surface area contributed by atoms with Crippen LogP contribution in [0.4, 0.5) is 5.69 Å². The summed E-state index contributed by atoms with van der Waals surface area (Å²) in [5.41, 5.74) is 2.83. The zero-order valence-corrected chi connectivity index (χ0v) is 9.09. The third-order valence-electron chi connectivity index (χ3n) is 3.50. The number of fused-ring (bicyclic) bond motifs is 1. The molecule has 14 heavy (non-hydrogen) atoms. The molecule has 1 aliphatic heterocycles. The van der Waals surface area contributed by atoms with Crippen molar-refractivity contribution < 1.29 is 0 Å². The van der Waals surface area contributed by atoms with Gasteiger partial charge in [-0.3, -0.25) is 0 Å². The maximum absolute atomic E-state index is 3.53. The third kappa shape index (κ3) is 1.77. The molecule has 0 amide bonds. The minimum absolute atomic E-state index is 0.815. The van der Waals surface area contributed by atoms with Crippen LogP contribution < -0.4 is 5.32 Å². The third-order valence-corrected chi connectivity index (χ3v) is 3.50. The first kappa shape index (κ1) is 9.57. The largest absolute Gasteiger partial charge is 0.385 e. The Bertz CT molecular complexity index is 306. The van der Waals surface area contributed by atoms with Crippen LogP contribution in [0, 0.1) is 11.8 Å². The van der Waals surface area contributed by atoms with Gasteiger partial charge in [0.2, 0.25) is 0 Å². The molecule has 0 saturated heterocycles. The van der Waals surface area contributed by atoms with E-state index in [1.165, 1.54) is 24.1 Å². The summed E-state index contributed by atoms with van der Waals surface area (Å²) in [4.78, 5) is 0. The quantitative estimate of drug-likeness (QED) is 0.752. The van der Waals surface area contributed by atoms with E-state index in [-0.39, 0.29) is 0 Å². The molecule has 1 heteroatoms. The Morgan fingerprint density at radius 3 is 3.00 bits per heavy atom. The minimum Gasteiger partial charge on any atom is -0.385 e. The molecule has 1 N–H and O–H groups in total. The van der Waals surface area contributed by atoms with E-state index >= 15 is 0 Å². The molecule has 0 spiro atoms. The lowest BCUT2D eigenvalue weighted by Crippen LogP contribution is -2.27. The fourth-order valence-corrected chi connectivity index (χ4v) is 2.20. The molecule has 0 saturated carbocycles. The monoisotopic (exact) mass is 189 g/mol. The summed E-state index contributed by atoms with van der Waals surface area (Å²) in [6, 6.07) is 8.67. The summed E-state index contributed by atoms with van der Waals surface area (Å²) in [7, 11) is 0. The summed E-state index contributed by atoms with van der Waals surface area (Å²) in [5.74, 6) is 1.64.